The molecule has 0 aliphatic carbocycles. The Morgan fingerprint density at radius 2 is 2.27 bits per heavy atom. The summed E-state index contributed by atoms with van der Waals surface area (Å²) in [6, 6.07) is 6.36. The Kier molecular flexibility index (Phi) is 6.25. The molecule has 1 aromatic carbocycles. The number of hydrogen-bond acceptors (Lipinski definition) is 4. The first-order chi connectivity index (χ1) is 10.6. The number of nitrogen functional groups attached to an aromatic ring is 1. The quantitative estimate of drug-likeness (QED) is 0.533. The average molecular weight is 302 g/mol. The first kappa shape index (κ1) is 16.8. The molecule has 1 heterocycles. The van der Waals surface area contributed by atoms with E-state index in [1.807, 2.05) is 18.2 Å². The van der Waals surface area contributed by atoms with Crippen molar-refractivity contribution in [1.29, 1.82) is 5.41 Å². The molecule has 1 atom stereocenters. The molecule has 0 saturated carbocycles. The molecule has 1 fully saturated rings. The second kappa shape index (κ2) is 8.18. The zero-order valence-electron chi connectivity index (χ0n) is 13.9. The predicted octanol–water partition coefficient (Wildman–Crippen LogP) is 3.58. The van der Waals surface area contributed by atoms with Crippen LogP contribution in [0.2, 0.25) is 0 Å². The van der Waals surface area contributed by atoms with Gasteiger partial charge in [0.15, 0.2) is 0 Å². The Bertz CT molecular complexity index is 484. The molecular weight excluding hydrogens is 272 g/mol. The molecule has 1 saturated heterocycles. The van der Waals surface area contributed by atoms with Gasteiger partial charge in [0, 0.05) is 35.7 Å². The summed E-state index contributed by atoms with van der Waals surface area (Å²) in [5.74, 6) is 0.799. The van der Waals surface area contributed by atoms with E-state index in [4.69, 9.17) is 11.1 Å². The van der Waals surface area contributed by atoms with Crippen LogP contribution in [0.15, 0.2) is 18.2 Å². The van der Waals surface area contributed by atoms with Gasteiger partial charge in [-0.05, 0) is 62.9 Å². The lowest BCUT2D eigenvalue weighted by atomic mass is 10.0. The summed E-state index contributed by atoms with van der Waals surface area (Å²) in [5, 5.41) is 11.0. The maximum Gasteiger partial charge on any atom is 0.0404 e. The first-order valence-electron chi connectivity index (χ1n) is 8.47. The van der Waals surface area contributed by atoms with E-state index < -0.39 is 0 Å². The van der Waals surface area contributed by atoms with Crippen molar-refractivity contribution in [2.45, 2.75) is 45.6 Å². The molecule has 122 valence electrons. The number of likely N-dealkylation sites (tertiary alicyclic amines) is 1. The van der Waals surface area contributed by atoms with E-state index in [1.54, 1.807) is 0 Å². The molecule has 22 heavy (non-hydrogen) atoms. The molecule has 1 unspecified atom stereocenters. The van der Waals surface area contributed by atoms with Crippen LogP contribution in [0.1, 0.15) is 45.1 Å². The molecule has 0 spiro atoms. The number of anilines is 2. The predicted molar refractivity (Wildman–Crippen MR) is 95.9 cm³/mol. The topological polar surface area (TPSA) is 65.1 Å². The molecule has 1 aliphatic rings. The van der Waals surface area contributed by atoms with Crippen LogP contribution >= 0.6 is 0 Å². The summed E-state index contributed by atoms with van der Waals surface area (Å²) < 4.78 is 0. The van der Waals surface area contributed by atoms with Gasteiger partial charge in [-0.25, -0.2) is 0 Å². The van der Waals surface area contributed by atoms with Crippen LogP contribution in [0.3, 0.4) is 0 Å². The maximum absolute atomic E-state index is 7.40. The summed E-state index contributed by atoms with van der Waals surface area (Å²) in [5.41, 5.74) is 8.37. The summed E-state index contributed by atoms with van der Waals surface area (Å²) in [6.45, 7) is 8.14. The van der Waals surface area contributed by atoms with Gasteiger partial charge in [0.1, 0.15) is 0 Å². The third kappa shape index (κ3) is 5.02. The van der Waals surface area contributed by atoms with Gasteiger partial charge < -0.3 is 21.4 Å². The summed E-state index contributed by atoms with van der Waals surface area (Å²) >= 11 is 0. The fraction of sp³-hybridized carbons (Fsp3) is 0.611. The lowest BCUT2D eigenvalue weighted by molar-refractivity contribution is 0.210. The van der Waals surface area contributed by atoms with Crippen LogP contribution in [-0.4, -0.2) is 36.8 Å². The molecule has 2 rings (SSSR count). The molecule has 4 heteroatoms. The van der Waals surface area contributed by atoms with Crippen LogP contribution in [0.4, 0.5) is 11.4 Å². The number of nitrogens with one attached hydrogen (secondary N) is 2. The van der Waals surface area contributed by atoms with Crippen molar-refractivity contribution >= 4 is 17.6 Å². The summed E-state index contributed by atoms with van der Waals surface area (Å²) in [6.07, 6.45) is 6.40. The largest absolute Gasteiger partial charge is 0.398 e. The van der Waals surface area contributed by atoms with Crippen molar-refractivity contribution in [3.8, 4) is 0 Å². The van der Waals surface area contributed by atoms with Gasteiger partial charge >= 0.3 is 0 Å². The average Bonchev–Trinajstić information content (AvgIpc) is 2.49. The van der Waals surface area contributed by atoms with Gasteiger partial charge in [-0.2, -0.15) is 0 Å². The van der Waals surface area contributed by atoms with E-state index in [0.29, 0.717) is 11.7 Å². The highest BCUT2D eigenvalue weighted by atomic mass is 15.2. The zero-order chi connectivity index (χ0) is 15.9. The molecule has 0 bridgehead atoms. The van der Waals surface area contributed by atoms with Crippen LogP contribution in [0.5, 0.6) is 0 Å². The van der Waals surface area contributed by atoms with Gasteiger partial charge in [0.25, 0.3) is 0 Å². The smallest absolute Gasteiger partial charge is 0.0404 e. The fourth-order valence-electron chi connectivity index (χ4n) is 3.12. The van der Waals surface area contributed by atoms with Crippen molar-refractivity contribution in [2.75, 3.05) is 30.7 Å². The number of benzene rings is 1. The van der Waals surface area contributed by atoms with Crippen LogP contribution in [0.25, 0.3) is 0 Å². The Morgan fingerprint density at radius 3 is 3.00 bits per heavy atom. The van der Waals surface area contributed by atoms with Crippen LogP contribution < -0.4 is 11.1 Å². The molecule has 4 nitrogen and oxygen atoms in total. The Hall–Kier alpha value is -1.55. The number of nitrogens with two attached hydrogens (primary N) is 1. The number of nitrogens with zero attached hydrogens (tertiary/aromatic N) is 1. The third-order valence-electron chi connectivity index (χ3n) is 4.37. The molecule has 0 amide bonds. The minimum Gasteiger partial charge on any atom is -0.398 e. The molecule has 4 N–H and O–H groups in total. The van der Waals surface area contributed by atoms with Crippen molar-refractivity contribution < 1.29 is 0 Å². The minimum absolute atomic E-state index is 0.495. The van der Waals surface area contributed by atoms with Crippen LogP contribution in [-0.2, 0) is 0 Å². The highest BCUT2D eigenvalue weighted by Crippen LogP contribution is 2.20. The number of hydrogen-bond donors (Lipinski definition) is 3. The normalized spacial score (nSPS) is 19.3. The van der Waals surface area contributed by atoms with Crippen molar-refractivity contribution in [3.05, 3.63) is 23.8 Å². The van der Waals surface area contributed by atoms with Gasteiger partial charge in [0.2, 0.25) is 0 Å². The number of piperidine rings is 1. The summed E-state index contributed by atoms with van der Waals surface area (Å²) in [4.78, 5) is 2.58. The van der Waals surface area contributed by atoms with E-state index in [-0.39, 0.29) is 0 Å². The van der Waals surface area contributed by atoms with E-state index >= 15 is 0 Å². The number of rotatable bonds is 7. The lowest BCUT2D eigenvalue weighted by Crippen LogP contribution is -2.42. The monoisotopic (exact) mass is 302 g/mol. The fourth-order valence-corrected chi connectivity index (χ4v) is 3.12. The van der Waals surface area contributed by atoms with Gasteiger partial charge in [-0.1, -0.05) is 13.8 Å². The highest BCUT2D eigenvalue weighted by Gasteiger charge is 2.19. The lowest BCUT2D eigenvalue weighted by Gasteiger charge is -2.34. The molecule has 1 aromatic rings. The SMILES string of the molecule is CC(C)CCCN1CCCC(Nc2ccc(N)c(C=N)c2)C1. The van der Waals surface area contributed by atoms with Crippen molar-refractivity contribution in [2.24, 2.45) is 5.92 Å². The Balaban J connectivity index is 1.86. The Labute approximate surface area is 134 Å². The van der Waals surface area contributed by atoms with Crippen molar-refractivity contribution in [3.63, 3.8) is 0 Å². The second-order valence-corrected chi connectivity index (χ2v) is 6.81. The van der Waals surface area contributed by atoms with Gasteiger partial charge in [0.05, 0.1) is 0 Å². The zero-order valence-corrected chi connectivity index (χ0v) is 13.9. The molecule has 0 radical (unpaired) electrons. The van der Waals surface area contributed by atoms with Crippen molar-refractivity contribution in [1.82, 2.24) is 4.90 Å². The third-order valence-corrected chi connectivity index (χ3v) is 4.37. The standard InChI is InChI=1S/C18H30N4/c1-14(2)5-3-9-22-10-4-6-17(13-22)21-16-7-8-18(20)15(11-16)12-19/h7-8,11-12,14,17,19,21H,3-6,9-10,13,20H2,1-2H3. The van der Waals surface area contributed by atoms with E-state index in [1.165, 1.54) is 45.0 Å². The van der Waals surface area contributed by atoms with Gasteiger partial charge in [-0.15, -0.1) is 0 Å². The summed E-state index contributed by atoms with van der Waals surface area (Å²) in [7, 11) is 0. The van der Waals surface area contributed by atoms with Crippen LogP contribution in [0, 0.1) is 11.3 Å². The molecular formula is C18H30N4. The van der Waals surface area contributed by atoms with E-state index in [0.717, 1.165) is 23.7 Å². The van der Waals surface area contributed by atoms with E-state index in [2.05, 4.69) is 24.1 Å². The molecule has 0 aromatic heterocycles. The minimum atomic E-state index is 0.495. The van der Waals surface area contributed by atoms with E-state index in [9.17, 15) is 0 Å². The molecule has 1 aliphatic heterocycles. The Morgan fingerprint density at radius 1 is 1.45 bits per heavy atom. The maximum atomic E-state index is 7.40. The second-order valence-electron chi connectivity index (χ2n) is 6.81. The first-order valence-corrected chi connectivity index (χ1v) is 8.47. The highest BCUT2D eigenvalue weighted by molar-refractivity contribution is 5.86. The van der Waals surface area contributed by atoms with Gasteiger partial charge in [-0.3, -0.25) is 0 Å².